The molecule has 0 radical (unpaired) electrons. The van der Waals surface area contributed by atoms with Gasteiger partial charge in [0.25, 0.3) is 0 Å². The minimum absolute atomic E-state index is 0.00102. The summed E-state index contributed by atoms with van der Waals surface area (Å²) in [4.78, 5) is 13.0. The Bertz CT molecular complexity index is 1570. The van der Waals surface area contributed by atoms with E-state index in [0.29, 0.717) is 34.8 Å². The molecule has 1 unspecified atom stereocenters. The van der Waals surface area contributed by atoms with Crippen molar-refractivity contribution in [2.75, 3.05) is 20.2 Å². The van der Waals surface area contributed by atoms with Crippen LogP contribution in [0.5, 0.6) is 5.75 Å². The Kier molecular flexibility index (Phi) is 8.07. The van der Waals surface area contributed by atoms with E-state index < -0.39 is 16.0 Å². The van der Waals surface area contributed by atoms with Crippen molar-refractivity contribution >= 4 is 16.0 Å². The molecule has 1 aromatic heterocycles. The van der Waals surface area contributed by atoms with Gasteiger partial charge in [0.1, 0.15) is 22.3 Å². The van der Waals surface area contributed by atoms with Crippen LogP contribution in [0.15, 0.2) is 71.5 Å². The zero-order valence-electron chi connectivity index (χ0n) is 23.4. The van der Waals surface area contributed by atoms with Gasteiger partial charge in [-0.3, -0.25) is 0 Å². The Morgan fingerprint density at radius 2 is 2.00 bits per heavy atom. The number of nitrogens with two attached hydrogens (primary N) is 2. The summed E-state index contributed by atoms with van der Waals surface area (Å²) in [5.41, 5.74) is 9.48. The lowest BCUT2D eigenvalue weighted by Crippen LogP contribution is -2.36. The van der Waals surface area contributed by atoms with Gasteiger partial charge >= 0.3 is 5.97 Å². The molecular weight excluding hydrogens is 544 g/mol. The first-order valence-corrected chi connectivity index (χ1v) is 15.1. The van der Waals surface area contributed by atoms with Crippen LogP contribution < -0.4 is 16.3 Å². The third-order valence-electron chi connectivity index (χ3n) is 7.36. The average Bonchev–Trinajstić information content (AvgIpc) is 3.63. The maximum Gasteiger partial charge on any atom is 0.341 e. The Morgan fingerprint density at radius 3 is 2.73 bits per heavy atom. The van der Waals surface area contributed by atoms with Crippen molar-refractivity contribution < 1.29 is 22.7 Å². The topological polar surface area (TPSA) is 146 Å². The molecule has 4 N–H and O–H groups in total. The van der Waals surface area contributed by atoms with Gasteiger partial charge in [-0.15, -0.1) is 0 Å². The number of carbonyl (C=O) groups excluding carboxylic acids is 1. The lowest BCUT2D eigenvalue weighted by molar-refractivity contribution is 0.0525. The number of hydrogen-bond donors (Lipinski definition) is 2. The van der Waals surface area contributed by atoms with Crippen molar-refractivity contribution in [2.45, 2.75) is 50.2 Å². The molecule has 1 aliphatic carbocycles. The second-order valence-corrected chi connectivity index (χ2v) is 12.3. The van der Waals surface area contributed by atoms with Gasteiger partial charge < -0.3 is 20.2 Å². The van der Waals surface area contributed by atoms with Gasteiger partial charge in [-0.1, -0.05) is 31.2 Å². The van der Waals surface area contributed by atoms with Crippen LogP contribution in [0.25, 0.3) is 5.69 Å². The number of fused-ring (bicyclic) bond motifs is 1. The Hall–Kier alpha value is -3.87. The molecule has 5 rings (SSSR count). The lowest BCUT2D eigenvalue weighted by Gasteiger charge is -2.22. The molecule has 0 amide bonds. The standard InChI is InChI=1S/C29H36N6O5S/c1-4-21-17-34(41(37,38)27-12-7-6-11-26(27)40-21)16-19-9-8-10-20(13-19)35-28(24(15-32-35)29(36)39-5-2)23-14-22(23)25(30)18-33(3)31/h6-13,15,18,21-23H,4-5,14,16-17,30-31H2,1-3H3/b25-18-/t21-,22?,23-/m1/s1. The number of benzene rings is 2. The van der Waals surface area contributed by atoms with E-state index in [1.807, 2.05) is 31.2 Å². The molecule has 1 saturated carbocycles. The van der Waals surface area contributed by atoms with E-state index in [1.54, 1.807) is 49.1 Å². The number of sulfonamides is 1. The van der Waals surface area contributed by atoms with Crippen molar-refractivity contribution in [3.8, 4) is 11.4 Å². The summed E-state index contributed by atoms with van der Waals surface area (Å²) >= 11 is 0. The number of rotatable bonds is 9. The lowest BCUT2D eigenvalue weighted by atomic mass is 10.1. The molecule has 2 aliphatic rings. The van der Waals surface area contributed by atoms with Crippen molar-refractivity contribution in [2.24, 2.45) is 17.5 Å². The Labute approximate surface area is 240 Å². The summed E-state index contributed by atoms with van der Waals surface area (Å²) in [6.45, 7) is 4.34. The number of ether oxygens (including phenoxy) is 2. The molecule has 3 aromatic rings. The second-order valence-electron chi connectivity index (χ2n) is 10.4. The fourth-order valence-electron chi connectivity index (χ4n) is 5.28. The summed E-state index contributed by atoms with van der Waals surface area (Å²) in [6, 6.07) is 14.2. The van der Waals surface area contributed by atoms with Crippen LogP contribution in [0.3, 0.4) is 0 Å². The maximum absolute atomic E-state index is 13.7. The smallest absolute Gasteiger partial charge is 0.341 e. The Morgan fingerprint density at radius 1 is 1.22 bits per heavy atom. The minimum atomic E-state index is -3.80. The molecule has 11 nitrogen and oxygen atoms in total. The van der Waals surface area contributed by atoms with Crippen LogP contribution in [-0.4, -0.2) is 59.8 Å². The molecule has 2 heterocycles. The third kappa shape index (κ3) is 5.81. The first-order chi connectivity index (χ1) is 19.6. The number of aromatic nitrogens is 2. The first-order valence-electron chi connectivity index (χ1n) is 13.7. The van der Waals surface area contributed by atoms with Crippen LogP contribution in [-0.2, 0) is 21.3 Å². The average molecular weight is 581 g/mol. The molecule has 41 heavy (non-hydrogen) atoms. The molecule has 218 valence electrons. The highest BCUT2D eigenvalue weighted by atomic mass is 32.2. The summed E-state index contributed by atoms with van der Waals surface area (Å²) in [6.07, 6.45) is 4.30. The van der Waals surface area contributed by atoms with Crippen LogP contribution in [0.1, 0.15) is 54.2 Å². The van der Waals surface area contributed by atoms with E-state index >= 15 is 0 Å². The minimum Gasteiger partial charge on any atom is -0.488 e. The monoisotopic (exact) mass is 580 g/mol. The van der Waals surface area contributed by atoms with Crippen LogP contribution >= 0.6 is 0 Å². The van der Waals surface area contributed by atoms with Gasteiger partial charge in [0.2, 0.25) is 10.0 Å². The van der Waals surface area contributed by atoms with Crippen molar-refractivity contribution in [1.29, 1.82) is 0 Å². The second kappa shape index (κ2) is 11.6. The van der Waals surface area contributed by atoms with Gasteiger partial charge in [0, 0.05) is 37.3 Å². The van der Waals surface area contributed by atoms with Crippen molar-refractivity contribution in [1.82, 2.24) is 19.1 Å². The number of esters is 1. The number of para-hydroxylation sites is 1. The van der Waals surface area contributed by atoms with Gasteiger partial charge in [-0.2, -0.15) is 9.40 Å². The summed E-state index contributed by atoms with van der Waals surface area (Å²) < 4.78 is 41.9. The van der Waals surface area contributed by atoms with Crippen molar-refractivity contribution in [3.05, 3.63) is 83.4 Å². The summed E-state index contributed by atoms with van der Waals surface area (Å²) in [7, 11) is -2.10. The molecule has 12 heteroatoms. The zero-order chi connectivity index (χ0) is 29.3. The Balaban J connectivity index is 1.49. The molecule has 0 saturated heterocycles. The molecule has 2 aromatic carbocycles. The van der Waals surface area contributed by atoms with Crippen LogP contribution in [0, 0.1) is 5.92 Å². The highest BCUT2D eigenvalue weighted by molar-refractivity contribution is 7.89. The fraction of sp³-hybridized carbons (Fsp3) is 0.379. The highest BCUT2D eigenvalue weighted by Crippen LogP contribution is 2.52. The van der Waals surface area contributed by atoms with Crippen LogP contribution in [0.2, 0.25) is 0 Å². The molecule has 0 bridgehead atoms. The number of allylic oxidation sites excluding steroid dienone is 1. The van der Waals surface area contributed by atoms with Gasteiger partial charge in [-0.05, 0) is 49.6 Å². The number of hydrogen-bond acceptors (Lipinski definition) is 9. The largest absolute Gasteiger partial charge is 0.488 e. The van der Waals surface area contributed by atoms with Gasteiger partial charge in [0.15, 0.2) is 0 Å². The molecule has 3 atom stereocenters. The van der Waals surface area contributed by atoms with E-state index in [0.717, 1.165) is 12.0 Å². The predicted octanol–water partition coefficient (Wildman–Crippen LogP) is 3.12. The number of hydrazine groups is 1. The zero-order valence-corrected chi connectivity index (χ0v) is 24.3. The predicted molar refractivity (Wildman–Crippen MR) is 153 cm³/mol. The molecule has 1 aliphatic heterocycles. The molecule has 0 spiro atoms. The quantitative estimate of drug-likeness (QED) is 0.221. The molecule has 1 fully saturated rings. The third-order valence-corrected chi connectivity index (χ3v) is 9.21. The van der Waals surface area contributed by atoms with Gasteiger partial charge in [-0.25, -0.2) is 23.7 Å². The van der Waals surface area contributed by atoms with E-state index in [2.05, 4.69) is 5.10 Å². The van der Waals surface area contributed by atoms with Crippen LogP contribution in [0.4, 0.5) is 0 Å². The maximum atomic E-state index is 13.7. The summed E-state index contributed by atoms with van der Waals surface area (Å²) in [5.74, 6) is 5.63. The fourth-order valence-corrected chi connectivity index (χ4v) is 6.86. The number of nitrogens with zero attached hydrogens (tertiary/aromatic N) is 4. The summed E-state index contributed by atoms with van der Waals surface area (Å²) in [5, 5.41) is 5.96. The highest BCUT2D eigenvalue weighted by Gasteiger charge is 2.45. The van der Waals surface area contributed by atoms with E-state index in [-0.39, 0.29) is 42.5 Å². The first kappa shape index (κ1) is 28.7. The van der Waals surface area contributed by atoms with E-state index in [9.17, 15) is 13.2 Å². The van der Waals surface area contributed by atoms with Crippen molar-refractivity contribution in [3.63, 3.8) is 0 Å². The van der Waals surface area contributed by atoms with E-state index in [1.165, 1.54) is 15.5 Å². The van der Waals surface area contributed by atoms with E-state index in [4.69, 9.17) is 21.1 Å². The molecular formula is C29H36N6O5S. The SMILES string of the molecule is CCOC(=O)c1cnn(-c2cccc(CN3C[C@@H](CC)Oc4ccccc4S3(=O)=O)c2)c1[C@@H]1CC1/C(N)=C/N(C)N. The number of carbonyl (C=O) groups is 1. The van der Waals surface area contributed by atoms with Gasteiger partial charge in [0.05, 0.1) is 30.7 Å². The normalized spacial score (nSPS) is 21.9.